The maximum atomic E-state index is 11.9. The molecule has 0 saturated heterocycles. The molecule has 2 rings (SSSR count). The van der Waals surface area contributed by atoms with Gasteiger partial charge in [0.05, 0.1) is 5.56 Å². The number of para-hydroxylation sites is 1. The third-order valence-corrected chi connectivity index (χ3v) is 4.18. The summed E-state index contributed by atoms with van der Waals surface area (Å²) in [5, 5.41) is 21.9. The van der Waals surface area contributed by atoms with E-state index in [1.54, 1.807) is 0 Å². The van der Waals surface area contributed by atoms with Crippen molar-refractivity contribution in [3.8, 4) is 11.5 Å². The molecule has 0 bridgehead atoms. The predicted molar refractivity (Wildman–Crippen MR) is 73.7 cm³/mol. The maximum absolute atomic E-state index is 11.9. The van der Waals surface area contributed by atoms with Gasteiger partial charge in [0, 0.05) is 11.9 Å². The number of halogens is 1. The number of hydrogen-bond donors (Lipinski definition) is 3. The van der Waals surface area contributed by atoms with Gasteiger partial charge in [-0.2, -0.15) is 0 Å². The van der Waals surface area contributed by atoms with E-state index in [0.717, 1.165) is 25.7 Å². The summed E-state index contributed by atoms with van der Waals surface area (Å²) >= 11 is 6.23. The van der Waals surface area contributed by atoms with E-state index in [2.05, 4.69) is 5.32 Å². The van der Waals surface area contributed by atoms with Crippen molar-refractivity contribution in [2.24, 2.45) is 5.92 Å². The number of carbonyl (C=O) groups excluding carboxylic acids is 1. The Labute approximate surface area is 117 Å². The van der Waals surface area contributed by atoms with E-state index < -0.39 is 0 Å². The standard InChI is InChI=1S/C14H18ClNO3/c15-11-6-2-1-4-9(11)8-16-14(19)10-5-3-7-12(17)13(10)18/h3,5,7,9,11,17-18H,1-2,4,6,8H2,(H,16,19). The lowest BCUT2D eigenvalue weighted by molar-refractivity contribution is 0.0940. The lowest BCUT2D eigenvalue weighted by Gasteiger charge is -2.27. The average Bonchev–Trinajstić information content (AvgIpc) is 2.40. The molecule has 0 aliphatic heterocycles. The van der Waals surface area contributed by atoms with Crippen LogP contribution in [0.15, 0.2) is 18.2 Å². The van der Waals surface area contributed by atoms with Crippen molar-refractivity contribution in [3.05, 3.63) is 23.8 Å². The number of benzene rings is 1. The van der Waals surface area contributed by atoms with Crippen LogP contribution in [0.2, 0.25) is 0 Å². The van der Waals surface area contributed by atoms with Crippen molar-refractivity contribution in [1.29, 1.82) is 0 Å². The minimum atomic E-state index is -0.386. The third-order valence-electron chi connectivity index (χ3n) is 3.60. The fourth-order valence-corrected chi connectivity index (χ4v) is 2.80. The van der Waals surface area contributed by atoms with Gasteiger partial charge >= 0.3 is 0 Å². The number of phenols is 2. The summed E-state index contributed by atoms with van der Waals surface area (Å²) in [6.07, 6.45) is 4.28. The Bertz CT molecular complexity index is 464. The van der Waals surface area contributed by atoms with Crippen LogP contribution in [0.3, 0.4) is 0 Å². The molecule has 5 heteroatoms. The van der Waals surface area contributed by atoms with E-state index in [1.807, 2.05) is 0 Å². The molecule has 4 nitrogen and oxygen atoms in total. The normalized spacial score (nSPS) is 23.0. The number of aromatic hydroxyl groups is 2. The van der Waals surface area contributed by atoms with E-state index in [0.29, 0.717) is 6.54 Å². The minimum absolute atomic E-state index is 0.0851. The summed E-state index contributed by atoms with van der Waals surface area (Å²) in [4.78, 5) is 11.9. The van der Waals surface area contributed by atoms with Crippen LogP contribution < -0.4 is 5.32 Å². The van der Waals surface area contributed by atoms with Gasteiger partial charge < -0.3 is 15.5 Å². The molecule has 104 valence electrons. The summed E-state index contributed by atoms with van der Waals surface area (Å²) in [5.74, 6) is -0.784. The van der Waals surface area contributed by atoms with Gasteiger partial charge in [0.15, 0.2) is 11.5 Å². The molecule has 3 N–H and O–H groups in total. The van der Waals surface area contributed by atoms with Gasteiger partial charge in [-0.1, -0.05) is 18.9 Å². The van der Waals surface area contributed by atoms with Crippen molar-refractivity contribution in [2.75, 3.05) is 6.54 Å². The highest BCUT2D eigenvalue weighted by Gasteiger charge is 2.24. The molecular weight excluding hydrogens is 266 g/mol. The smallest absolute Gasteiger partial charge is 0.255 e. The Kier molecular flexibility index (Phi) is 4.53. The lowest BCUT2D eigenvalue weighted by atomic mass is 9.88. The molecular formula is C14H18ClNO3. The zero-order chi connectivity index (χ0) is 13.8. The van der Waals surface area contributed by atoms with Gasteiger partial charge in [-0.3, -0.25) is 4.79 Å². The number of phenolic OH excluding ortho intramolecular Hbond substituents is 2. The molecule has 1 fully saturated rings. The second kappa shape index (κ2) is 6.15. The molecule has 0 radical (unpaired) electrons. The van der Waals surface area contributed by atoms with Crippen molar-refractivity contribution in [1.82, 2.24) is 5.32 Å². The van der Waals surface area contributed by atoms with Crippen molar-refractivity contribution >= 4 is 17.5 Å². The lowest BCUT2D eigenvalue weighted by Crippen LogP contribution is -2.34. The van der Waals surface area contributed by atoms with Crippen LogP contribution in [0.1, 0.15) is 36.0 Å². The van der Waals surface area contributed by atoms with Crippen LogP contribution in [0, 0.1) is 5.92 Å². The maximum Gasteiger partial charge on any atom is 0.255 e. The number of alkyl halides is 1. The fourth-order valence-electron chi connectivity index (χ4n) is 2.43. The largest absolute Gasteiger partial charge is 0.504 e. The first-order chi connectivity index (χ1) is 9.09. The molecule has 1 saturated carbocycles. The average molecular weight is 284 g/mol. The quantitative estimate of drug-likeness (QED) is 0.590. The first-order valence-corrected chi connectivity index (χ1v) is 6.96. The van der Waals surface area contributed by atoms with Crippen LogP contribution in [-0.4, -0.2) is 28.0 Å². The minimum Gasteiger partial charge on any atom is -0.504 e. The van der Waals surface area contributed by atoms with Crippen molar-refractivity contribution in [2.45, 2.75) is 31.1 Å². The van der Waals surface area contributed by atoms with Crippen LogP contribution in [0.4, 0.5) is 0 Å². The van der Waals surface area contributed by atoms with E-state index in [9.17, 15) is 15.0 Å². The van der Waals surface area contributed by atoms with E-state index >= 15 is 0 Å². The number of carbonyl (C=O) groups is 1. The van der Waals surface area contributed by atoms with Gasteiger partial charge in [-0.05, 0) is 30.9 Å². The van der Waals surface area contributed by atoms with Crippen molar-refractivity contribution < 1.29 is 15.0 Å². The Morgan fingerprint density at radius 1 is 1.32 bits per heavy atom. The Morgan fingerprint density at radius 3 is 2.79 bits per heavy atom. The molecule has 1 aromatic rings. The first kappa shape index (κ1) is 14.0. The third kappa shape index (κ3) is 3.32. The highest BCUT2D eigenvalue weighted by atomic mass is 35.5. The highest BCUT2D eigenvalue weighted by Crippen LogP contribution is 2.29. The van der Waals surface area contributed by atoms with Gasteiger partial charge in [-0.25, -0.2) is 0 Å². The van der Waals surface area contributed by atoms with Gasteiger partial charge in [0.1, 0.15) is 0 Å². The Balaban J connectivity index is 1.95. The molecule has 0 spiro atoms. The molecule has 2 unspecified atom stereocenters. The van der Waals surface area contributed by atoms with Gasteiger partial charge in [0.2, 0.25) is 0 Å². The van der Waals surface area contributed by atoms with Crippen molar-refractivity contribution in [3.63, 3.8) is 0 Å². The van der Waals surface area contributed by atoms with Crippen LogP contribution in [-0.2, 0) is 0 Å². The highest BCUT2D eigenvalue weighted by molar-refractivity contribution is 6.20. The summed E-state index contributed by atoms with van der Waals surface area (Å²) in [6.45, 7) is 0.502. The fraction of sp³-hybridized carbons (Fsp3) is 0.500. The summed E-state index contributed by atoms with van der Waals surface area (Å²) in [5.41, 5.74) is 0.0851. The van der Waals surface area contributed by atoms with E-state index in [4.69, 9.17) is 11.6 Å². The molecule has 1 aromatic carbocycles. The summed E-state index contributed by atoms with van der Waals surface area (Å²) in [6, 6.07) is 4.33. The number of hydrogen-bond acceptors (Lipinski definition) is 3. The van der Waals surface area contributed by atoms with E-state index in [-0.39, 0.29) is 34.3 Å². The Morgan fingerprint density at radius 2 is 2.05 bits per heavy atom. The van der Waals surface area contributed by atoms with Crippen LogP contribution >= 0.6 is 11.6 Å². The molecule has 1 aliphatic carbocycles. The number of nitrogens with one attached hydrogen (secondary N) is 1. The molecule has 1 amide bonds. The summed E-state index contributed by atoms with van der Waals surface area (Å²) < 4.78 is 0. The molecule has 0 heterocycles. The number of rotatable bonds is 3. The monoisotopic (exact) mass is 283 g/mol. The van der Waals surface area contributed by atoms with E-state index in [1.165, 1.54) is 18.2 Å². The molecule has 0 aromatic heterocycles. The summed E-state index contributed by atoms with van der Waals surface area (Å²) in [7, 11) is 0. The Hall–Kier alpha value is -1.42. The van der Waals surface area contributed by atoms with Gasteiger partial charge in [0.25, 0.3) is 5.91 Å². The SMILES string of the molecule is O=C(NCC1CCCCC1Cl)c1cccc(O)c1O. The van der Waals surface area contributed by atoms with Gasteiger partial charge in [-0.15, -0.1) is 11.6 Å². The second-order valence-electron chi connectivity index (χ2n) is 4.94. The van der Waals surface area contributed by atoms with Crippen LogP contribution in [0.25, 0.3) is 0 Å². The second-order valence-corrected chi connectivity index (χ2v) is 5.50. The topological polar surface area (TPSA) is 69.6 Å². The number of amides is 1. The zero-order valence-corrected chi connectivity index (χ0v) is 11.4. The molecule has 2 atom stereocenters. The van der Waals surface area contributed by atoms with Crippen LogP contribution in [0.5, 0.6) is 11.5 Å². The zero-order valence-electron chi connectivity index (χ0n) is 10.6. The molecule has 1 aliphatic rings. The first-order valence-electron chi connectivity index (χ1n) is 6.53. The molecule has 19 heavy (non-hydrogen) atoms. The predicted octanol–water partition coefficient (Wildman–Crippen LogP) is 2.63.